The van der Waals surface area contributed by atoms with Gasteiger partial charge in [-0.2, -0.15) is 0 Å². The largest absolute Gasteiger partial charge is 0.496 e. The minimum Gasteiger partial charge on any atom is -0.496 e. The summed E-state index contributed by atoms with van der Waals surface area (Å²) in [6, 6.07) is 7.57. The van der Waals surface area contributed by atoms with Gasteiger partial charge in [0.05, 0.1) is 12.4 Å². The van der Waals surface area contributed by atoms with Gasteiger partial charge in [0.25, 0.3) is 5.24 Å². The van der Waals surface area contributed by atoms with E-state index in [0.29, 0.717) is 13.0 Å². The van der Waals surface area contributed by atoms with Gasteiger partial charge in [-0.25, -0.2) is 0 Å². The van der Waals surface area contributed by atoms with Crippen molar-refractivity contribution in [2.24, 2.45) is 0 Å². The van der Waals surface area contributed by atoms with Gasteiger partial charge in [-0.05, 0) is 25.0 Å². The van der Waals surface area contributed by atoms with Crippen LogP contribution in [-0.2, 0) is 11.2 Å². The van der Waals surface area contributed by atoms with Crippen LogP contribution in [0.4, 0.5) is 4.79 Å². The first kappa shape index (κ1) is 13.0. The second-order valence-electron chi connectivity index (χ2n) is 3.97. The van der Waals surface area contributed by atoms with Crippen molar-refractivity contribution in [1.82, 2.24) is 4.90 Å². The highest BCUT2D eigenvalue weighted by atomic mass is 32.2. The van der Waals surface area contributed by atoms with E-state index in [1.165, 1.54) is 4.90 Å². The molecular weight excluding hydrogens is 250 g/mol. The van der Waals surface area contributed by atoms with E-state index >= 15 is 0 Å². The van der Waals surface area contributed by atoms with Crippen molar-refractivity contribution in [2.45, 2.75) is 18.6 Å². The Morgan fingerprint density at radius 2 is 2.06 bits per heavy atom. The van der Waals surface area contributed by atoms with Gasteiger partial charge in [-0.1, -0.05) is 30.0 Å². The summed E-state index contributed by atoms with van der Waals surface area (Å²) in [7, 11) is 1.60. The van der Waals surface area contributed by atoms with Crippen LogP contribution in [0.5, 0.6) is 5.75 Å². The summed E-state index contributed by atoms with van der Waals surface area (Å²) in [5, 5.41) is -0.476. The minimum absolute atomic E-state index is 0.0987. The van der Waals surface area contributed by atoms with E-state index in [0.717, 1.165) is 23.1 Å². The van der Waals surface area contributed by atoms with E-state index in [4.69, 9.17) is 4.74 Å². The van der Waals surface area contributed by atoms with Crippen LogP contribution in [-0.4, -0.2) is 35.0 Å². The molecule has 0 aliphatic carbocycles. The van der Waals surface area contributed by atoms with Gasteiger partial charge >= 0.3 is 0 Å². The molecule has 2 rings (SSSR count). The monoisotopic (exact) mass is 265 g/mol. The number of rotatable bonds is 4. The number of carbonyl (C=O) groups excluding carboxylic acids is 2. The third-order valence-corrected chi connectivity index (χ3v) is 3.99. The average molecular weight is 265 g/mol. The van der Waals surface area contributed by atoms with Crippen molar-refractivity contribution in [3.8, 4) is 5.75 Å². The van der Waals surface area contributed by atoms with Crippen molar-refractivity contribution in [2.75, 3.05) is 13.7 Å². The maximum Gasteiger partial charge on any atom is 0.289 e. The fourth-order valence-electron chi connectivity index (χ4n) is 1.98. The molecule has 0 spiro atoms. The number of benzene rings is 1. The predicted molar refractivity (Wildman–Crippen MR) is 70.9 cm³/mol. The molecule has 1 atom stereocenters. The molecule has 1 aromatic carbocycles. The van der Waals surface area contributed by atoms with Crippen LogP contribution in [0.3, 0.4) is 0 Å². The Labute approximate surface area is 110 Å². The fourth-order valence-corrected chi connectivity index (χ4v) is 3.07. The standard InChI is InChI=1S/C13H15NO3S/c1-3-14-12(15)11(18-13(14)16)8-9-6-4-5-7-10(9)17-2/h4-7,11H,3,8H2,1-2H3/t11-/m1/s1. The Morgan fingerprint density at radius 1 is 1.33 bits per heavy atom. The van der Waals surface area contributed by atoms with Crippen molar-refractivity contribution in [3.05, 3.63) is 29.8 Å². The first-order chi connectivity index (χ1) is 8.67. The molecule has 4 nitrogen and oxygen atoms in total. The average Bonchev–Trinajstić information content (AvgIpc) is 2.65. The lowest BCUT2D eigenvalue weighted by Crippen LogP contribution is -2.31. The molecule has 0 radical (unpaired) electrons. The molecule has 1 heterocycles. The molecule has 96 valence electrons. The zero-order valence-corrected chi connectivity index (χ0v) is 11.2. The van der Waals surface area contributed by atoms with Crippen LogP contribution in [0.25, 0.3) is 0 Å². The highest BCUT2D eigenvalue weighted by molar-refractivity contribution is 8.15. The molecule has 5 heteroatoms. The van der Waals surface area contributed by atoms with E-state index in [-0.39, 0.29) is 16.4 Å². The summed E-state index contributed by atoms with van der Waals surface area (Å²) < 4.78 is 5.25. The first-order valence-corrected chi connectivity index (χ1v) is 6.69. The number of methoxy groups -OCH3 is 1. The van der Waals surface area contributed by atoms with Gasteiger partial charge in [0.15, 0.2) is 0 Å². The van der Waals surface area contributed by atoms with Crippen LogP contribution in [0.2, 0.25) is 0 Å². The Morgan fingerprint density at radius 3 is 2.67 bits per heavy atom. The molecule has 18 heavy (non-hydrogen) atoms. The van der Waals surface area contributed by atoms with Gasteiger partial charge in [-0.15, -0.1) is 0 Å². The molecule has 1 aromatic rings. The SMILES string of the molecule is CCN1C(=O)S[C@H](Cc2ccccc2OC)C1=O. The number of amides is 2. The Bertz CT molecular complexity index is 475. The summed E-state index contributed by atoms with van der Waals surface area (Å²) in [5.74, 6) is 0.659. The molecule has 1 aliphatic heterocycles. The van der Waals surface area contributed by atoms with Crippen LogP contribution in [0.1, 0.15) is 12.5 Å². The quantitative estimate of drug-likeness (QED) is 0.838. The van der Waals surface area contributed by atoms with E-state index in [2.05, 4.69) is 0 Å². The smallest absolute Gasteiger partial charge is 0.289 e. The molecule has 0 bridgehead atoms. The maximum absolute atomic E-state index is 12.0. The molecule has 0 N–H and O–H groups in total. The highest BCUT2D eigenvalue weighted by Gasteiger charge is 2.38. The molecule has 2 amide bonds. The van der Waals surface area contributed by atoms with Crippen molar-refractivity contribution in [1.29, 1.82) is 0 Å². The summed E-state index contributed by atoms with van der Waals surface area (Å²) in [6.45, 7) is 2.24. The lowest BCUT2D eigenvalue weighted by Gasteiger charge is -2.12. The fraction of sp³-hybridized carbons (Fsp3) is 0.385. The van der Waals surface area contributed by atoms with Crippen LogP contribution >= 0.6 is 11.8 Å². The predicted octanol–water partition coefficient (Wildman–Crippen LogP) is 2.32. The second-order valence-corrected chi connectivity index (χ2v) is 5.12. The van der Waals surface area contributed by atoms with Crippen LogP contribution < -0.4 is 4.74 Å². The van der Waals surface area contributed by atoms with Gasteiger partial charge in [0, 0.05) is 6.54 Å². The lowest BCUT2D eigenvalue weighted by molar-refractivity contribution is -0.126. The molecule has 1 fully saturated rings. The second kappa shape index (κ2) is 5.44. The lowest BCUT2D eigenvalue weighted by atomic mass is 10.1. The molecule has 0 saturated carbocycles. The highest BCUT2D eigenvalue weighted by Crippen LogP contribution is 2.31. The number of thioether (sulfide) groups is 1. The maximum atomic E-state index is 12.0. The summed E-state index contributed by atoms with van der Waals surface area (Å²) in [6.07, 6.45) is 0.524. The van der Waals surface area contributed by atoms with E-state index in [1.54, 1.807) is 7.11 Å². The number of hydrogen-bond donors (Lipinski definition) is 0. The van der Waals surface area contributed by atoms with E-state index in [1.807, 2.05) is 31.2 Å². The van der Waals surface area contributed by atoms with Gasteiger partial charge in [-0.3, -0.25) is 14.5 Å². The third-order valence-electron chi connectivity index (χ3n) is 2.92. The Kier molecular flexibility index (Phi) is 3.91. The topological polar surface area (TPSA) is 46.6 Å². The number of ether oxygens (including phenoxy) is 1. The Hall–Kier alpha value is -1.49. The van der Waals surface area contributed by atoms with Crippen molar-refractivity contribution < 1.29 is 14.3 Å². The summed E-state index contributed by atoms with van der Waals surface area (Å²) >= 11 is 1.10. The first-order valence-electron chi connectivity index (χ1n) is 5.81. The zero-order valence-electron chi connectivity index (χ0n) is 10.4. The van der Waals surface area contributed by atoms with E-state index in [9.17, 15) is 9.59 Å². The molecule has 0 unspecified atom stereocenters. The van der Waals surface area contributed by atoms with Crippen LogP contribution in [0, 0.1) is 0 Å². The number of imide groups is 1. The molecule has 1 saturated heterocycles. The van der Waals surface area contributed by atoms with Crippen LogP contribution in [0.15, 0.2) is 24.3 Å². The normalized spacial score (nSPS) is 19.4. The van der Waals surface area contributed by atoms with E-state index < -0.39 is 0 Å². The third kappa shape index (κ3) is 2.36. The number of hydrogen-bond acceptors (Lipinski definition) is 4. The zero-order chi connectivity index (χ0) is 13.1. The number of nitrogens with zero attached hydrogens (tertiary/aromatic N) is 1. The van der Waals surface area contributed by atoms with Crippen molar-refractivity contribution >= 4 is 22.9 Å². The molecular formula is C13H15NO3S. The summed E-state index contributed by atoms with van der Waals surface area (Å²) in [4.78, 5) is 24.9. The number of carbonyl (C=O) groups is 2. The van der Waals surface area contributed by atoms with Gasteiger partial charge < -0.3 is 4.74 Å². The summed E-state index contributed by atoms with van der Waals surface area (Å²) in [5.41, 5.74) is 0.955. The van der Waals surface area contributed by atoms with Gasteiger partial charge in [0.1, 0.15) is 5.75 Å². The molecule has 0 aromatic heterocycles. The molecule has 1 aliphatic rings. The Balaban J connectivity index is 2.15. The van der Waals surface area contributed by atoms with Crippen molar-refractivity contribution in [3.63, 3.8) is 0 Å². The minimum atomic E-state index is -0.325. The van der Waals surface area contributed by atoms with Gasteiger partial charge in [0.2, 0.25) is 5.91 Å². The number of para-hydroxylation sites is 1.